The maximum Gasteiger partial charge on any atom is 0.138 e. The van der Waals surface area contributed by atoms with Crippen molar-refractivity contribution in [1.29, 1.82) is 0 Å². The van der Waals surface area contributed by atoms with Crippen LogP contribution < -0.4 is 5.32 Å². The molecule has 3 unspecified atom stereocenters. The smallest absolute Gasteiger partial charge is 0.138 e. The average Bonchev–Trinajstić information content (AvgIpc) is 2.92. The lowest BCUT2D eigenvalue weighted by Crippen LogP contribution is -2.46. The zero-order valence-electron chi connectivity index (χ0n) is 13.6. The predicted molar refractivity (Wildman–Crippen MR) is 94.4 cm³/mol. The van der Waals surface area contributed by atoms with Gasteiger partial charge < -0.3 is 5.32 Å². The fourth-order valence-corrected chi connectivity index (χ4v) is 5.73. The average molecular weight is 329 g/mol. The van der Waals surface area contributed by atoms with Crippen molar-refractivity contribution in [3.05, 3.63) is 12.2 Å². The second-order valence-corrected chi connectivity index (χ2v) is 8.66. The van der Waals surface area contributed by atoms with E-state index < -0.39 is 0 Å². The molecule has 0 bridgehead atoms. The summed E-state index contributed by atoms with van der Waals surface area (Å²) in [7, 11) is 0. The molecule has 21 heavy (non-hydrogen) atoms. The van der Waals surface area contributed by atoms with E-state index in [0.29, 0.717) is 22.6 Å². The minimum absolute atomic E-state index is 0.375. The van der Waals surface area contributed by atoms with Gasteiger partial charge in [-0.3, -0.25) is 0 Å². The van der Waals surface area contributed by atoms with E-state index in [-0.39, 0.29) is 0 Å². The van der Waals surface area contributed by atoms with E-state index in [0.717, 1.165) is 18.8 Å². The third kappa shape index (κ3) is 4.63. The van der Waals surface area contributed by atoms with Crippen molar-refractivity contribution in [2.75, 3.05) is 18.1 Å². The topological polar surface area (TPSA) is 42.7 Å². The van der Waals surface area contributed by atoms with Gasteiger partial charge in [-0.25, -0.2) is 9.67 Å². The molecule has 0 aromatic carbocycles. The van der Waals surface area contributed by atoms with E-state index in [4.69, 9.17) is 0 Å². The largest absolute Gasteiger partial charge is 0.312 e. The van der Waals surface area contributed by atoms with Crippen LogP contribution in [-0.4, -0.2) is 49.4 Å². The molecular weight excluding hydrogens is 300 g/mol. The van der Waals surface area contributed by atoms with E-state index in [1.165, 1.54) is 17.9 Å². The maximum absolute atomic E-state index is 4.50. The first-order chi connectivity index (χ1) is 10.1. The highest BCUT2D eigenvalue weighted by Gasteiger charge is 2.31. The van der Waals surface area contributed by atoms with Crippen molar-refractivity contribution < 1.29 is 0 Å². The van der Waals surface area contributed by atoms with Crippen LogP contribution in [-0.2, 0) is 6.42 Å². The van der Waals surface area contributed by atoms with Crippen molar-refractivity contribution >= 4 is 23.5 Å². The van der Waals surface area contributed by atoms with Crippen LogP contribution in [0.5, 0.6) is 0 Å². The van der Waals surface area contributed by atoms with Gasteiger partial charge in [0, 0.05) is 40.5 Å². The van der Waals surface area contributed by atoms with Crippen LogP contribution in [0, 0.1) is 0 Å². The molecule has 1 aliphatic heterocycles. The molecule has 6 heteroatoms. The first-order valence-corrected chi connectivity index (χ1v) is 10.1. The minimum Gasteiger partial charge on any atom is -0.312 e. The molecular formula is C15H28N4S2. The van der Waals surface area contributed by atoms with Crippen LogP contribution in [0.2, 0.25) is 0 Å². The summed E-state index contributed by atoms with van der Waals surface area (Å²) in [6.45, 7) is 10.0. The fourth-order valence-electron chi connectivity index (χ4n) is 2.77. The van der Waals surface area contributed by atoms with Gasteiger partial charge in [-0.15, -0.1) is 0 Å². The van der Waals surface area contributed by atoms with Gasteiger partial charge in [-0.1, -0.05) is 13.8 Å². The molecule has 120 valence electrons. The monoisotopic (exact) mass is 328 g/mol. The lowest BCUT2D eigenvalue weighted by molar-refractivity contribution is 0.443. The molecule has 1 N–H and O–H groups in total. The quantitative estimate of drug-likeness (QED) is 0.833. The second kappa shape index (κ2) is 8.44. The molecule has 0 spiro atoms. The Morgan fingerprint density at radius 2 is 2.14 bits per heavy atom. The summed E-state index contributed by atoms with van der Waals surface area (Å²) in [5.74, 6) is 3.66. The Bertz CT molecular complexity index is 422. The third-order valence-corrected chi connectivity index (χ3v) is 7.08. The molecule has 2 heterocycles. The van der Waals surface area contributed by atoms with Crippen molar-refractivity contribution in [2.24, 2.45) is 0 Å². The molecule has 1 fully saturated rings. The number of rotatable bonds is 7. The molecule has 0 saturated carbocycles. The summed E-state index contributed by atoms with van der Waals surface area (Å²) in [6, 6.07) is 0.861. The van der Waals surface area contributed by atoms with Crippen molar-refractivity contribution in [2.45, 2.75) is 63.1 Å². The molecule has 1 aromatic rings. The van der Waals surface area contributed by atoms with Gasteiger partial charge in [0.25, 0.3) is 0 Å². The Morgan fingerprint density at radius 1 is 1.38 bits per heavy atom. The van der Waals surface area contributed by atoms with Crippen LogP contribution in [0.1, 0.15) is 46.0 Å². The molecule has 1 saturated heterocycles. The normalized spacial score (nSPS) is 24.4. The number of nitrogens with one attached hydrogen (secondary N) is 1. The summed E-state index contributed by atoms with van der Waals surface area (Å²) in [5.41, 5.74) is 0. The molecule has 4 nitrogen and oxygen atoms in total. The highest BCUT2D eigenvalue weighted by Crippen LogP contribution is 2.34. The Kier molecular flexibility index (Phi) is 6.89. The van der Waals surface area contributed by atoms with Crippen LogP contribution in [0.4, 0.5) is 0 Å². The van der Waals surface area contributed by atoms with Gasteiger partial charge in [0.15, 0.2) is 0 Å². The molecule has 0 aliphatic carbocycles. The molecule has 3 atom stereocenters. The first kappa shape index (κ1) is 17.2. The summed E-state index contributed by atoms with van der Waals surface area (Å²) in [5, 5.41) is 9.50. The minimum atomic E-state index is 0.375. The lowest BCUT2D eigenvalue weighted by atomic mass is 10.1. The maximum atomic E-state index is 4.50. The van der Waals surface area contributed by atoms with Gasteiger partial charge in [0.1, 0.15) is 12.2 Å². The standard InChI is InChI=1S/C15H28N4S2/c1-5-6-16-13(15-12(4)20-7-8-21-15)9-14-17-10-18-19(14)11(2)3/h10-13,15-16H,5-9H2,1-4H3. The van der Waals surface area contributed by atoms with Crippen molar-refractivity contribution in [1.82, 2.24) is 20.1 Å². The molecule has 0 amide bonds. The molecule has 1 aliphatic rings. The van der Waals surface area contributed by atoms with Gasteiger partial charge in [-0.2, -0.15) is 28.6 Å². The summed E-state index contributed by atoms with van der Waals surface area (Å²) < 4.78 is 2.06. The van der Waals surface area contributed by atoms with Gasteiger partial charge in [0.2, 0.25) is 0 Å². The Labute approximate surface area is 137 Å². The number of hydrogen-bond donors (Lipinski definition) is 1. The van der Waals surface area contributed by atoms with Crippen molar-refractivity contribution in [3.63, 3.8) is 0 Å². The summed E-state index contributed by atoms with van der Waals surface area (Å²) in [4.78, 5) is 4.50. The number of hydrogen-bond acceptors (Lipinski definition) is 5. The van der Waals surface area contributed by atoms with Crippen molar-refractivity contribution in [3.8, 4) is 0 Å². The van der Waals surface area contributed by atoms with Gasteiger partial charge >= 0.3 is 0 Å². The van der Waals surface area contributed by atoms with E-state index in [2.05, 4.69) is 71.3 Å². The SMILES string of the molecule is CCCNC(Cc1ncnn1C(C)C)C1SCCSC1C. The van der Waals surface area contributed by atoms with Crippen LogP contribution >= 0.6 is 23.5 Å². The van der Waals surface area contributed by atoms with E-state index in [1.807, 2.05) is 0 Å². The van der Waals surface area contributed by atoms with Crippen LogP contribution in [0.15, 0.2) is 6.33 Å². The highest BCUT2D eigenvalue weighted by molar-refractivity contribution is 8.07. The molecule has 2 rings (SSSR count). The first-order valence-electron chi connectivity index (χ1n) is 7.98. The zero-order valence-corrected chi connectivity index (χ0v) is 15.2. The highest BCUT2D eigenvalue weighted by atomic mass is 32.2. The van der Waals surface area contributed by atoms with Gasteiger partial charge in [-0.05, 0) is 26.8 Å². The molecule has 0 radical (unpaired) electrons. The number of aromatic nitrogens is 3. The predicted octanol–water partition coefficient (Wildman–Crippen LogP) is 3.01. The van der Waals surface area contributed by atoms with Crippen LogP contribution in [0.3, 0.4) is 0 Å². The molecule has 1 aromatic heterocycles. The second-order valence-electron chi connectivity index (χ2n) is 5.89. The van der Waals surface area contributed by atoms with E-state index in [9.17, 15) is 0 Å². The number of thioether (sulfide) groups is 2. The van der Waals surface area contributed by atoms with Gasteiger partial charge in [0.05, 0.1) is 0 Å². The fraction of sp³-hybridized carbons (Fsp3) is 0.867. The van der Waals surface area contributed by atoms with Crippen LogP contribution in [0.25, 0.3) is 0 Å². The lowest BCUT2D eigenvalue weighted by Gasteiger charge is -2.35. The summed E-state index contributed by atoms with van der Waals surface area (Å²) >= 11 is 4.23. The van der Waals surface area contributed by atoms with E-state index in [1.54, 1.807) is 6.33 Å². The van der Waals surface area contributed by atoms with E-state index >= 15 is 0 Å². The summed E-state index contributed by atoms with van der Waals surface area (Å²) in [6.07, 6.45) is 3.84. The Morgan fingerprint density at radius 3 is 2.81 bits per heavy atom. The Balaban J connectivity index is 2.09. The Hall–Kier alpha value is -0.200. The zero-order chi connectivity index (χ0) is 15.2. The number of nitrogens with zero attached hydrogens (tertiary/aromatic N) is 3. The third-order valence-electron chi connectivity index (χ3n) is 3.83.